The molecule has 4 aromatic heterocycles. The molecule has 258 valence electrons. The maximum atomic E-state index is 12.6. The zero-order chi connectivity index (χ0) is 35.2. The number of carboxylic acids is 1. The number of aromatic nitrogens is 6. The fourth-order valence-electron chi connectivity index (χ4n) is 8.63. The summed E-state index contributed by atoms with van der Waals surface area (Å²) < 4.78 is 7.86. The Hall–Kier alpha value is -5.87. The largest absolute Gasteiger partial charge is 0.481 e. The van der Waals surface area contributed by atoms with E-state index in [0.29, 0.717) is 40.0 Å². The number of carbonyl (C=O) groups is 1. The molecule has 3 saturated carbocycles. The second-order valence-electron chi connectivity index (χ2n) is 13.6. The minimum atomic E-state index is -0.903. The first-order valence-electron chi connectivity index (χ1n) is 17.5. The molecule has 11 heteroatoms. The first kappa shape index (κ1) is 32.1. The van der Waals surface area contributed by atoms with Gasteiger partial charge in [0.2, 0.25) is 5.89 Å². The van der Waals surface area contributed by atoms with Crippen LogP contribution in [0.5, 0.6) is 0 Å². The van der Waals surface area contributed by atoms with Crippen LogP contribution in [0, 0.1) is 17.8 Å². The number of oxazole rings is 1. The van der Waals surface area contributed by atoms with Gasteiger partial charge in [-0.3, -0.25) is 4.79 Å². The van der Waals surface area contributed by atoms with Crippen molar-refractivity contribution in [2.75, 3.05) is 5.32 Å². The number of halogens is 1. The predicted molar refractivity (Wildman–Crippen MR) is 198 cm³/mol. The van der Waals surface area contributed by atoms with Gasteiger partial charge in [-0.05, 0) is 54.2 Å². The topological polar surface area (TPSA) is 132 Å². The van der Waals surface area contributed by atoms with Crippen molar-refractivity contribution in [3.05, 3.63) is 144 Å². The van der Waals surface area contributed by atoms with Crippen LogP contribution in [0.15, 0.2) is 126 Å². The van der Waals surface area contributed by atoms with Gasteiger partial charge in [0.1, 0.15) is 34.0 Å². The fourth-order valence-corrected chi connectivity index (χ4v) is 8.76. The van der Waals surface area contributed by atoms with E-state index in [1.165, 1.54) is 6.26 Å². The Balaban J connectivity index is 1.30. The number of hydrogen-bond donors (Lipinski definition) is 2. The molecule has 2 unspecified atom stereocenters. The Morgan fingerprint density at radius 2 is 1.44 bits per heavy atom. The van der Waals surface area contributed by atoms with Crippen LogP contribution in [0.1, 0.15) is 42.4 Å². The summed E-state index contributed by atoms with van der Waals surface area (Å²) in [6, 6.07) is 32.4. The van der Waals surface area contributed by atoms with Crippen molar-refractivity contribution in [3.63, 3.8) is 0 Å². The van der Waals surface area contributed by atoms with Gasteiger partial charge < -0.3 is 19.4 Å². The van der Waals surface area contributed by atoms with Crippen molar-refractivity contribution in [1.29, 1.82) is 0 Å². The monoisotopic (exact) mass is 707 g/mol. The molecule has 0 spiro atoms. The van der Waals surface area contributed by atoms with Gasteiger partial charge in [-0.25, -0.2) is 24.9 Å². The molecule has 52 heavy (non-hydrogen) atoms. The van der Waals surface area contributed by atoms with Crippen LogP contribution in [0.25, 0.3) is 34.1 Å². The Morgan fingerprint density at radius 3 is 2.02 bits per heavy atom. The van der Waals surface area contributed by atoms with Crippen LogP contribution in [0.4, 0.5) is 5.82 Å². The lowest BCUT2D eigenvalue weighted by Gasteiger charge is -2.47. The van der Waals surface area contributed by atoms with Gasteiger partial charge in [-0.2, -0.15) is 0 Å². The highest BCUT2D eigenvalue weighted by atomic mass is 35.5. The highest BCUT2D eigenvalue weighted by molar-refractivity contribution is 6.29. The number of aliphatic carboxylic acids is 1. The van der Waals surface area contributed by atoms with E-state index < -0.39 is 17.4 Å². The van der Waals surface area contributed by atoms with Gasteiger partial charge in [-0.15, -0.1) is 0 Å². The highest BCUT2D eigenvalue weighted by Gasteiger charge is 2.47. The lowest BCUT2D eigenvalue weighted by Crippen LogP contribution is -2.51. The van der Waals surface area contributed by atoms with Crippen molar-refractivity contribution < 1.29 is 14.3 Å². The molecule has 0 amide bonds. The maximum absolute atomic E-state index is 12.6. The minimum Gasteiger partial charge on any atom is -0.481 e. The van der Waals surface area contributed by atoms with E-state index in [1.807, 2.05) is 60.8 Å². The van der Waals surface area contributed by atoms with Crippen molar-refractivity contribution in [2.24, 2.45) is 17.8 Å². The van der Waals surface area contributed by atoms with E-state index in [1.54, 1.807) is 18.5 Å². The number of benzene rings is 3. The summed E-state index contributed by atoms with van der Waals surface area (Å²) in [4.78, 5) is 36.8. The van der Waals surface area contributed by atoms with E-state index in [4.69, 9.17) is 36.0 Å². The van der Waals surface area contributed by atoms with E-state index in [2.05, 4.69) is 51.3 Å². The zero-order valence-electron chi connectivity index (χ0n) is 28.0. The smallest absolute Gasteiger partial charge is 0.308 e. The van der Waals surface area contributed by atoms with Crippen molar-refractivity contribution in [1.82, 2.24) is 29.5 Å². The molecule has 2 bridgehead atoms. The molecule has 2 N–H and O–H groups in total. The van der Waals surface area contributed by atoms with Gasteiger partial charge in [-0.1, -0.05) is 103 Å². The number of hydrogen-bond acceptors (Lipinski definition) is 8. The molecule has 0 radical (unpaired) electrons. The maximum Gasteiger partial charge on any atom is 0.308 e. The predicted octanol–water partition coefficient (Wildman–Crippen LogP) is 8.34. The first-order valence-corrected chi connectivity index (χ1v) is 17.9. The molecular formula is C41H34ClN7O3. The van der Waals surface area contributed by atoms with Gasteiger partial charge in [0.25, 0.3) is 0 Å². The number of nitrogens with one attached hydrogen (secondary N) is 1. The summed E-state index contributed by atoms with van der Waals surface area (Å²) in [6.07, 6.45) is 10.4. The third kappa shape index (κ3) is 5.33. The molecule has 7 aromatic rings. The van der Waals surface area contributed by atoms with Crippen LogP contribution in [-0.4, -0.2) is 46.6 Å². The van der Waals surface area contributed by atoms with Crippen LogP contribution < -0.4 is 5.32 Å². The molecule has 10 rings (SSSR count). The minimum absolute atomic E-state index is 0.130. The van der Waals surface area contributed by atoms with E-state index in [9.17, 15) is 9.90 Å². The standard InChI is InChI=1S/C41H34ClN7O3/c42-32-23-44-38-36(46-32)30(24-49(38)41(27-10-4-1-5-11-27,28-12-6-2-7-13-28)29-14-8-3-9-15-29)37-45-31(39-43-20-21-52-39)22-33(48-37)47-35-26-18-16-25(17-19-26)34(35)40(50)51/h1-15,20-26,34-35H,16-19H2,(H,50,51)(H,45,47,48). The summed E-state index contributed by atoms with van der Waals surface area (Å²) in [7, 11) is 0. The Bertz CT molecular complexity index is 2260. The number of rotatable bonds is 9. The van der Waals surface area contributed by atoms with E-state index >= 15 is 0 Å². The van der Waals surface area contributed by atoms with Crippen LogP contribution >= 0.6 is 11.6 Å². The van der Waals surface area contributed by atoms with E-state index in [0.717, 1.165) is 42.4 Å². The fraction of sp³-hybridized carbons (Fsp3) is 0.220. The molecule has 0 aliphatic heterocycles. The molecule has 3 aliphatic rings. The summed E-state index contributed by atoms with van der Waals surface area (Å²) >= 11 is 6.59. The van der Waals surface area contributed by atoms with E-state index in [-0.39, 0.29) is 23.0 Å². The number of fused-ring (bicyclic) bond motifs is 4. The molecule has 0 saturated heterocycles. The van der Waals surface area contributed by atoms with Crippen molar-refractivity contribution >= 4 is 34.6 Å². The number of carboxylic acid groups (broad SMARTS) is 1. The molecule has 3 aromatic carbocycles. The molecule has 3 aliphatic carbocycles. The first-order chi connectivity index (χ1) is 25.5. The summed E-state index contributed by atoms with van der Waals surface area (Å²) in [5, 5.41) is 14.1. The van der Waals surface area contributed by atoms with Crippen LogP contribution in [0.2, 0.25) is 5.15 Å². The van der Waals surface area contributed by atoms with Gasteiger partial charge in [0.15, 0.2) is 11.5 Å². The van der Waals surface area contributed by atoms with Gasteiger partial charge >= 0.3 is 5.97 Å². The zero-order valence-corrected chi connectivity index (χ0v) is 28.8. The third-order valence-electron chi connectivity index (χ3n) is 10.8. The Morgan fingerprint density at radius 1 is 0.827 bits per heavy atom. The molecule has 2 atom stereocenters. The van der Waals surface area contributed by atoms with Crippen LogP contribution in [0.3, 0.4) is 0 Å². The van der Waals surface area contributed by atoms with Crippen molar-refractivity contribution in [3.8, 4) is 23.0 Å². The Labute approximate surface area is 304 Å². The average Bonchev–Trinajstić information content (AvgIpc) is 3.86. The Kier molecular flexibility index (Phi) is 8.03. The summed E-state index contributed by atoms with van der Waals surface area (Å²) in [6.45, 7) is 0. The van der Waals surface area contributed by atoms with Gasteiger partial charge in [0, 0.05) is 18.3 Å². The second kappa shape index (κ2) is 13.0. The normalized spacial score (nSPS) is 19.9. The molecule has 10 nitrogen and oxygen atoms in total. The van der Waals surface area contributed by atoms with Crippen molar-refractivity contribution in [2.45, 2.75) is 37.3 Å². The SMILES string of the molecule is O=C(O)C1C2CCC(CC2)C1Nc1cc(-c2ncco2)nc(-c2cn(C(c3ccccc3)(c3ccccc3)c3ccccc3)c3ncc(Cl)nc23)n1. The van der Waals surface area contributed by atoms with Crippen LogP contribution in [-0.2, 0) is 10.3 Å². The second-order valence-corrected chi connectivity index (χ2v) is 14.0. The van der Waals surface area contributed by atoms with Gasteiger partial charge in [0.05, 0.1) is 23.9 Å². The third-order valence-corrected chi connectivity index (χ3v) is 11.0. The lowest BCUT2D eigenvalue weighted by atomic mass is 9.61. The molecular weight excluding hydrogens is 674 g/mol. The quantitative estimate of drug-likeness (QED) is 0.142. The average molecular weight is 708 g/mol. The number of nitrogens with zero attached hydrogens (tertiary/aromatic N) is 6. The number of anilines is 1. The molecule has 4 heterocycles. The lowest BCUT2D eigenvalue weighted by molar-refractivity contribution is -0.148. The summed E-state index contributed by atoms with van der Waals surface area (Å²) in [5.41, 5.74) is 4.25. The summed E-state index contributed by atoms with van der Waals surface area (Å²) in [5.74, 6) is 0.209. The highest BCUT2D eigenvalue weighted by Crippen LogP contribution is 2.47. The molecule has 3 fully saturated rings.